The summed E-state index contributed by atoms with van der Waals surface area (Å²) in [7, 11) is 1.97. The second-order valence-corrected chi connectivity index (χ2v) is 4.95. The van der Waals surface area contributed by atoms with Gasteiger partial charge in [0.1, 0.15) is 0 Å². The van der Waals surface area contributed by atoms with Gasteiger partial charge in [0, 0.05) is 6.61 Å². The van der Waals surface area contributed by atoms with Crippen molar-refractivity contribution in [2.75, 3.05) is 33.5 Å². The molecule has 1 unspecified atom stereocenters. The zero-order valence-corrected chi connectivity index (χ0v) is 12.7. The fourth-order valence-electron chi connectivity index (χ4n) is 2.12. The summed E-state index contributed by atoms with van der Waals surface area (Å²) >= 11 is 0. The number of aryl methyl sites for hydroxylation is 2. The van der Waals surface area contributed by atoms with Gasteiger partial charge in [-0.1, -0.05) is 36.2 Å². The van der Waals surface area contributed by atoms with Crippen LogP contribution in [0.4, 0.5) is 0 Å². The van der Waals surface area contributed by atoms with Gasteiger partial charge in [-0.05, 0) is 32.9 Å². The third-order valence-corrected chi connectivity index (χ3v) is 3.00. The molecule has 0 aromatic heterocycles. The zero-order chi connectivity index (χ0) is 14.1. The monoisotopic (exact) mass is 265 g/mol. The first-order chi connectivity index (χ1) is 9.17. The Balaban J connectivity index is 2.40. The first kappa shape index (κ1) is 16.2. The highest BCUT2D eigenvalue weighted by atomic mass is 16.5. The average Bonchev–Trinajstić information content (AvgIpc) is 2.37. The van der Waals surface area contributed by atoms with Crippen LogP contribution in [0.5, 0.6) is 0 Å². The zero-order valence-electron chi connectivity index (χ0n) is 12.7. The minimum atomic E-state index is 0.241. The van der Waals surface area contributed by atoms with Crippen LogP contribution in [0.2, 0.25) is 0 Å². The molecule has 0 amide bonds. The highest BCUT2D eigenvalue weighted by Gasteiger charge is 2.10. The van der Waals surface area contributed by atoms with E-state index in [0.717, 1.165) is 13.0 Å². The molecule has 0 saturated heterocycles. The maximum Gasteiger partial charge on any atom is 0.0701 e. The van der Waals surface area contributed by atoms with E-state index in [1.807, 2.05) is 7.05 Å². The van der Waals surface area contributed by atoms with Crippen LogP contribution in [0.25, 0.3) is 0 Å². The molecule has 1 rings (SSSR count). The lowest BCUT2D eigenvalue weighted by Gasteiger charge is -2.18. The Labute approximate surface area is 117 Å². The average molecular weight is 265 g/mol. The van der Waals surface area contributed by atoms with Crippen LogP contribution in [0.15, 0.2) is 18.2 Å². The molecule has 1 atom stereocenters. The Kier molecular flexibility index (Phi) is 7.72. The second kappa shape index (κ2) is 9.08. The van der Waals surface area contributed by atoms with Crippen LogP contribution in [0.3, 0.4) is 0 Å². The summed E-state index contributed by atoms with van der Waals surface area (Å²) in [6.07, 6.45) is 1.06. The second-order valence-electron chi connectivity index (χ2n) is 4.95. The maximum atomic E-state index is 5.68. The van der Waals surface area contributed by atoms with Gasteiger partial charge in [0.25, 0.3) is 0 Å². The van der Waals surface area contributed by atoms with Crippen LogP contribution in [0, 0.1) is 13.8 Å². The molecular weight excluding hydrogens is 238 g/mol. The molecule has 0 fully saturated rings. The van der Waals surface area contributed by atoms with E-state index < -0.39 is 0 Å². The standard InChI is InChI=1S/C16H27NO2/c1-5-6-18-7-8-19-12-16(17-4)15-10-13(2)9-14(3)11-15/h9-11,16-17H,5-8,12H2,1-4H3. The van der Waals surface area contributed by atoms with E-state index in [-0.39, 0.29) is 6.04 Å². The summed E-state index contributed by atoms with van der Waals surface area (Å²) < 4.78 is 11.1. The predicted octanol–water partition coefficient (Wildman–Crippen LogP) is 3.01. The Morgan fingerprint density at radius 3 is 2.21 bits per heavy atom. The summed E-state index contributed by atoms with van der Waals surface area (Å²) in [6.45, 7) is 9.19. The van der Waals surface area contributed by atoms with E-state index in [2.05, 4.69) is 44.3 Å². The molecule has 0 heterocycles. The fourth-order valence-corrected chi connectivity index (χ4v) is 2.12. The number of rotatable bonds is 9. The molecule has 1 aromatic rings. The van der Waals surface area contributed by atoms with Gasteiger partial charge in [-0.25, -0.2) is 0 Å². The van der Waals surface area contributed by atoms with Crippen molar-refractivity contribution in [2.45, 2.75) is 33.2 Å². The number of benzene rings is 1. The lowest BCUT2D eigenvalue weighted by Crippen LogP contribution is -2.23. The molecule has 0 bridgehead atoms. The van der Waals surface area contributed by atoms with Gasteiger partial charge in [-0.15, -0.1) is 0 Å². The predicted molar refractivity (Wildman–Crippen MR) is 79.6 cm³/mol. The van der Waals surface area contributed by atoms with Gasteiger partial charge in [-0.2, -0.15) is 0 Å². The normalized spacial score (nSPS) is 12.6. The number of ether oxygens (including phenoxy) is 2. The highest BCUT2D eigenvalue weighted by molar-refractivity contribution is 5.30. The topological polar surface area (TPSA) is 30.5 Å². The van der Waals surface area contributed by atoms with Crippen LogP contribution in [0.1, 0.15) is 36.1 Å². The van der Waals surface area contributed by atoms with Gasteiger partial charge < -0.3 is 14.8 Å². The summed E-state index contributed by atoms with van der Waals surface area (Å²) in [6, 6.07) is 6.86. The molecule has 108 valence electrons. The number of likely N-dealkylation sites (N-methyl/N-ethyl adjacent to an activating group) is 1. The van der Waals surface area contributed by atoms with Crippen molar-refractivity contribution < 1.29 is 9.47 Å². The van der Waals surface area contributed by atoms with Crippen molar-refractivity contribution in [2.24, 2.45) is 0 Å². The van der Waals surface area contributed by atoms with Crippen LogP contribution in [-0.4, -0.2) is 33.5 Å². The number of hydrogen-bond donors (Lipinski definition) is 1. The van der Waals surface area contributed by atoms with Crippen LogP contribution >= 0.6 is 0 Å². The van der Waals surface area contributed by atoms with E-state index in [1.165, 1.54) is 16.7 Å². The Morgan fingerprint density at radius 2 is 1.63 bits per heavy atom. The van der Waals surface area contributed by atoms with Crippen molar-refractivity contribution in [3.63, 3.8) is 0 Å². The third-order valence-electron chi connectivity index (χ3n) is 3.00. The Bertz CT molecular complexity index is 346. The molecule has 3 heteroatoms. The van der Waals surface area contributed by atoms with Gasteiger partial charge in [0.05, 0.1) is 25.9 Å². The molecule has 0 aliphatic heterocycles. The number of nitrogens with one attached hydrogen (secondary N) is 1. The summed E-state index contributed by atoms with van der Waals surface area (Å²) in [5, 5.41) is 3.31. The molecule has 19 heavy (non-hydrogen) atoms. The molecule has 0 spiro atoms. The van der Waals surface area contributed by atoms with Crippen LogP contribution in [-0.2, 0) is 9.47 Å². The van der Waals surface area contributed by atoms with Crippen molar-refractivity contribution in [1.82, 2.24) is 5.32 Å². The fraction of sp³-hybridized carbons (Fsp3) is 0.625. The van der Waals surface area contributed by atoms with Gasteiger partial charge in [0.2, 0.25) is 0 Å². The van der Waals surface area contributed by atoms with E-state index >= 15 is 0 Å². The third kappa shape index (κ3) is 6.19. The maximum absolute atomic E-state index is 5.68. The first-order valence-corrected chi connectivity index (χ1v) is 7.08. The SMILES string of the molecule is CCCOCCOCC(NC)c1cc(C)cc(C)c1. The Hall–Kier alpha value is -0.900. The van der Waals surface area contributed by atoms with E-state index in [9.17, 15) is 0 Å². The van der Waals surface area contributed by atoms with Gasteiger partial charge in [0.15, 0.2) is 0 Å². The van der Waals surface area contributed by atoms with Gasteiger partial charge >= 0.3 is 0 Å². The Morgan fingerprint density at radius 1 is 1.00 bits per heavy atom. The lowest BCUT2D eigenvalue weighted by molar-refractivity contribution is 0.0399. The van der Waals surface area contributed by atoms with E-state index in [4.69, 9.17) is 9.47 Å². The molecule has 0 aliphatic carbocycles. The summed E-state index contributed by atoms with van der Waals surface area (Å²) in [5.74, 6) is 0. The molecular formula is C16H27NO2. The minimum absolute atomic E-state index is 0.241. The lowest BCUT2D eigenvalue weighted by atomic mass is 10.0. The molecule has 0 aliphatic rings. The summed E-state index contributed by atoms with van der Waals surface area (Å²) in [5.41, 5.74) is 3.87. The van der Waals surface area contributed by atoms with Crippen molar-refractivity contribution in [3.05, 3.63) is 34.9 Å². The van der Waals surface area contributed by atoms with Crippen LogP contribution < -0.4 is 5.32 Å². The van der Waals surface area contributed by atoms with E-state index in [1.54, 1.807) is 0 Å². The first-order valence-electron chi connectivity index (χ1n) is 7.08. The molecule has 1 N–H and O–H groups in total. The van der Waals surface area contributed by atoms with Crippen molar-refractivity contribution in [3.8, 4) is 0 Å². The highest BCUT2D eigenvalue weighted by Crippen LogP contribution is 2.17. The quantitative estimate of drug-likeness (QED) is 0.696. The largest absolute Gasteiger partial charge is 0.379 e. The number of hydrogen-bond acceptors (Lipinski definition) is 3. The van der Waals surface area contributed by atoms with Crippen molar-refractivity contribution in [1.29, 1.82) is 0 Å². The van der Waals surface area contributed by atoms with E-state index in [0.29, 0.717) is 19.8 Å². The van der Waals surface area contributed by atoms with Gasteiger partial charge in [-0.3, -0.25) is 0 Å². The summed E-state index contributed by atoms with van der Waals surface area (Å²) in [4.78, 5) is 0. The smallest absolute Gasteiger partial charge is 0.0701 e. The van der Waals surface area contributed by atoms with Crippen molar-refractivity contribution >= 4 is 0 Å². The molecule has 1 aromatic carbocycles. The molecule has 0 saturated carbocycles. The molecule has 3 nitrogen and oxygen atoms in total. The molecule has 0 radical (unpaired) electrons. The minimum Gasteiger partial charge on any atom is -0.379 e.